The molecule has 2 aromatic heterocycles. The van der Waals surface area contributed by atoms with Crippen LogP contribution in [0.5, 0.6) is 0 Å². The molecule has 0 amide bonds. The van der Waals surface area contributed by atoms with E-state index in [9.17, 15) is 0 Å². The lowest BCUT2D eigenvalue weighted by Gasteiger charge is -2.33. The van der Waals surface area contributed by atoms with Gasteiger partial charge in [-0.15, -0.1) is 0 Å². The van der Waals surface area contributed by atoms with Crippen molar-refractivity contribution in [2.75, 3.05) is 125 Å². The molecule has 0 unspecified atom stereocenters. The molecule has 4 heterocycles. The average molecular weight is 617 g/mol. The number of nitrogens with zero attached hydrogens (tertiary/aromatic N) is 8. The average Bonchev–Trinajstić information content (AvgIpc) is 3.07. The van der Waals surface area contributed by atoms with E-state index in [2.05, 4.69) is 19.6 Å². The SMILES string of the molecule is CCOCCN(CCOCC)c1nc(N2CCCCC2)c2nc(N(CCOCC)CCOCC)nc(N3CCCCC3)c2n1. The minimum atomic E-state index is 0.603. The molecule has 0 atom stereocenters. The first-order chi connectivity index (χ1) is 21.7. The van der Waals surface area contributed by atoms with Gasteiger partial charge >= 0.3 is 0 Å². The molecule has 4 rings (SSSR count). The maximum atomic E-state index is 5.76. The van der Waals surface area contributed by atoms with Crippen molar-refractivity contribution in [1.29, 1.82) is 0 Å². The lowest BCUT2D eigenvalue weighted by Crippen LogP contribution is -2.36. The topological polar surface area (TPSA) is 101 Å². The second kappa shape index (κ2) is 19.1. The molecule has 0 spiro atoms. The quantitative estimate of drug-likeness (QED) is 0.200. The molecule has 2 fully saturated rings. The number of hydrogen-bond acceptors (Lipinski definition) is 12. The number of ether oxygens (including phenoxy) is 4. The summed E-state index contributed by atoms with van der Waals surface area (Å²) in [6, 6.07) is 0. The van der Waals surface area contributed by atoms with E-state index < -0.39 is 0 Å². The van der Waals surface area contributed by atoms with Crippen LogP contribution in [0.1, 0.15) is 66.2 Å². The van der Waals surface area contributed by atoms with Crippen LogP contribution in [0.4, 0.5) is 23.5 Å². The van der Waals surface area contributed by atoms with Crippen LogP contribution in [-0.4, -0.2) is 125 Å². The van der Waals surface area contributed by atoms with Gasteiger partial charge < -0.3 is 38.5 Å². The summed E-state index contributed by atoms with van der Waals surface area (Å²) in [6.07, 6.45) is 7.05. The van der Waals surface area contributed by atoms with Crippen molar-refractivity contribution in [2.45, 2.75) is 66.2 Å². The fourth-order valence-corrected chi connectivity index (χ4v) is 5.80. The Morgan fingerprint density at radius 2 is 0.795 bits per heavy atom. The third-order valence-corrected chi connectivity index (χ3v) is 8.20. The molecular formula is C32H56N8O4. The van der Waals surface area contributed by atoms with Gasteiger partial charge in [0.15, 0.2) is 11.6 Å². The van der Waals surface area contributed by atoms with Gasteiger partial charge in [0.1, 0.15) is 11.0 Å². The molecule has 2 aliphatic rings. The van der Waals surface area contributed by atoms with Crippen molar-refractivity contribution >= 4 is 34.6 Å². The molecule has 0 radical (unpaired) electrons. The van der Waals surface area contributed by atoms with Gasteiger partial charge in [0.05, 0.1) is 26.4 Å². The number of piperidine rings is 2. The summed E-state index contributed by atoms with van der Waals surface area (Å²) < 4.78 is 23.0. The van der Waals surface area contributed by atoms with E-state index in [1.54, 1.807) is 0 Å². The Morgan fingerprint density at radius 3 is 1.09 bits per heavy atom. The molecule has 2 saturated heterocycles. The van der Waals surface area contributed by atoms with E-state index in [0.29, 0.717) is 90.9 Å². The Kier molecular flexibility index (Phi) is 14.9. The Labute approximate surface area is 264 Å². The summed E-state index contributed by atoms with van der Waals surface area (Å²) in [7, 11) is 0. The van der Waals surface area contributed by atoms with Crippen LogP contribution in [-0.2, 0) is 18.9 Å². The van der Waals surface area contributed by atoms with Gasteiger partial charge in [-0.05, 0) is 66.2 Å². The summed E-state index contributed by atoms with van der Waals surface area (Å²) in [5.41, 5.74) is 1.65. The summed E-state index contributed by atoms with van der Waals surface area (Å²) in [6.45, 7) is 19.8. The monoisotopic (exact) mass is 616 g/mol. The number of anilines is 4. The maximum Gasteiger partial charge on any atom is 0.228 e. The van der Waals surface area contributed by atoms with E-state index in [-0.39, 0.29) is 0 Å². The summed E-state index contributed by atoms with van der Waals surface area (Å²) in [5, 5.41) is 0. The lowest BCUT2D eigenvalue weighted by molar-refractivity contribution is 0.140. The molecular weight excluding hydrogens is 560 g/mol. The van der Waals surface area contributed by atoms with E-state index in [1.807, 2.05) is 27.7 Å². The molecule has 0 N–H and O–H groups in total. The summed E-state index contributed by atoms with van der Waals surface area (Å²) in [5.74, 6) is 3.19. The van der Waals surface area contributed by atoms with Gasteiger partial charge in [0.25, 0.3) is 0 Å². The standard InChI is InChI=1S/C32H56N8O4/c1-5-41-23-19-39(20-24-42-6-2)31-33-27-28(29(35-31)37-15-11-9-12-16-37)34-32(36-30(27)38-17-13-10-14-18-38)40(21-25-43-7-3)22-26-44-8-4/h5-26H2,1-4H3. The van der Waals surface area contributed by atoms with Gasteiger partial charge in [-0.1, -0.05) is 0 Å². The first kappa shape index (κ1) is 34.3. The Balaban J connectivity index is 1.86. The fraction of sp³-hybridized carbons (Fsp3) is 0.812. The third kappa shape index (κ3) is 9.73. The first-order valence-corrected chi connectivity index (χ1v) is 17.1. The Morgan fingerprint density at radius 1 is 0.477 bits per heavy atom. The van der Waals surface area contributed by atoms with Crippen LogP contribution in [0.15, 0.2) is 0 Å². The molecule has 2 aliphatic heterocycles. The van der Waals surface area contributed by atoms with Crippen LogP contribution in [0.25, 0.3) is 11.0 Å². The van der Waals surface area contributed by atoms with Crippen LogP contribution in [0.3, 0.4) is 0 Å². The molecule has 0 bridgehead atoms. The third-order valence-electron chi connectivity index (χ3n) is 8.20. The molecule has 0 aromatic carbocycles. The highest BCUT2D eigenvalue weighted by atomic mass is 16.5. The summed E-state index contributed by atoms with van der Waals surface area (Å²) in [4.78, 5) is 30.3. The zero-order valence-electron chi connectivity index (χ0n) is 27.8. The van der Waals surface area contributed by atoms with Gasteiger partial charge in [0, 0.05) is 78.8 Å². The zero-order chi connectivity index (χ0) is 31.0. The van der Waals surface area contributed by atoms with Gasteiger partial charge in [-0.2, -0.15) is 9.97 Å². The first-order valence-electron chi connectivity index (χ1n) is 17.1. The highest BCUT2D eigenvalue weighted by Gasteiger charge is 2.27. The minimum absolute atomic E-state index is 0.603. The van der Waals surface area contributed by atoms with Crippen LogP contribution in [0, 0.1) is 0 Å². The minimum Gasteiger partial charge on any atom is -0.380 e. The molecule has 12 heteroatoms. The maximum absolute atomic E-state index is 5.76. The zero-order valence-corrected chi connectivity index (χ0v) is 27.8. The molecule has 0 saturated carbocycles. The number of hydrogen-bond donors (Lipinski definition) is 0. The van der Waals surface area contributed by atoms with Crippen molar-refractivity contribution < 1.29 is 18.9 Å². The van der Waals surface area contributed by atoms with Crippen molar-refractivity contribution in [3.63, 3.8) is 0 Å². The van der Waals surface area contributed by atoms with E-state index >= 15 is 0 Å². The Bertz CT molecular complexity index is 992. The lowest BCUT2D eigenvalue weighted by atomic mass is 10.1. The predicted molar refractivity (Wildman–Crippen MR) is 178 cm³/mol. The Hall–Kier alpha value is -2.54. The number of fused-ring (bicyclic) bond motifs is 1. The predicted octanol–water partition coefficient (Wildman–Crippen LogP) is 4.16. The number of aromatic nitrogens is 4. The van der Waals surface area contributed by atoms with Crippen molar-refractivity contribution in [3.05, 3.63) is 0 Å². The van der Waals surface area contributed by atoms with E-state index in [1.165, 1.54) is 12.8 Å². The molecule has 0 aliphatic carbocycles. The molecule has 2 aromatic rings. The van der Waals surface area contributed by atoms with Crippen molar-refractivity contribution in [3.8, 4) is 0 Å². The molecule has 12 nitrogen and oxygen atoms in total. The van der Waals surface area contributed by atoms with Crippen LogP contribution >= 0.6 is 0 Å². The molecule has 44 heavy (non-hydrogen) atoms. The van der Waals surface area contributed by atoms with E-state index in [4.69, 9.17) is 38.9 Å². The normalized spacial score (nSPS) is 15.7. The van der Waals surface area contributed by atoms with Gasteiger partial charge in [0.2, 0.25) is 11.9 Å². The fourth-order valence-electron chi connectivity index (χ4n) is 5.80. The largest absolute Gasteiger partial charge is 0.380 e. The van der Waals surface area contributed by atoms with Crippen LogP contribution < -0.4 is 19.6 Å². The summed E-state index contributed by atoms with van der Waals surface area (Å²) >= 11 is 0. The van der Waals surface area contributed by atoms with Crippen LogP contribution in [0.2, 0.25) is 0 Å². The van der Waals surface area contributed by atoms with Crippen molar-refractivity contribution in [2.24, 2.45) is 0 Å². The smallest absolute Gasteiger partial charge is 0.228 e. The highest BCUT2D eigenvalue weighted by molar-refractivity contribution is 5.95. The second-order valence-electron chi connectivity index (χ2n) is 11.2. The van der Waals surface area contributed by atoms with Crippen molar-refractivity contribution in [1.82, 2.24) is 19.9 Å². The van der Waals surface area contributed by atoms with Gasteiger partial charge in [-0.25, -0.2) is 9.97 Å². The second-order valence-corrected chi connectivity index (χ2v) is 11.2. The number of rotatable bonds is 20. The van der Waals surface area contributed by atoms with E-state index in [0.717, 1.165) is 74.5 Å². The highest BCUT2D eigenvalue weighted by Crippen LogP contribution is 2.34. The molecule has 248 valence electrons. The van der Waals surface area contributed by atoms with Gasteiger partial charge in [-0.3, -0.25) is 0 Å².